The fourth-order valence-corrected chi connectivity index (χ4v) is 3.37. The van der Waals surface area contributed by atoms with Crippen molar-refractivity contribution < 1.29 is 19.1 Å². The van der Waals surface area contributed by atoms with Crippen LogP contribution in [0, 0.1) is 0 Å². The van der Waals surface area contributed by atoms with Crippen LogP contribution in [0.15, 0.2) is 60.7 Å². The Kier molecular flexibility index (Phi) is 7.13. The predicted octanol–water partition coefficient (Wildman–Crippen LogP) is 4.42. The van der Waals surface area contributed by atoms with Gasteiger partial charge in [-0.25, -0.2) is 0 Å². The molecule has 0 saturated carbocycles. The number of carbonyl (C=O) groups is 2. The molecule has 0 heterocycles. The van der Waals surface area contributed by atoms with E-state index in [0.717, 1.165) is 16.5 Å². The van der Waals surface area contributed by atoms with E-state index in [1.807, 2.05) is 63.2 Å². The molecule has 0 spiro atoms. The smallest absolute Gasteiger partial charge is 0.258 e. The summed E-state index contributed by atoms with van der Waals surface area (Å²) in [7, 11) is 1.51. The highest BCUT2D eigenvalue weighted by Crippen LogP contribution is 2.30. The van der Waals surface area contributed by atoms with Gasteiger partial charge in [0, 0.05) is 23.8 Å². The Bertz CT molecular complexity index is 1080. The van der Waals surface area contributed by atoms with Gasteiger partial charge in [0.2, 0.25) is 0 Å². The zero-order valence-corrected chi connectivity index (χ0v) is 18.3. The van der Waals surface area contributed by atoms with Crippen molar-refractivity contribution in [3.8, 4) is 11.5 Å². The number of carbonyl (C=O) groups excluding carboxylic acids is 2. The van der Waals surface area contributed by atoms with E-state index in [0.29, 0.717) is 23.6 Å². The van der Waals surface area contributed by atoms with Gasteiger partial charge in [0.05, 0.1) is 7.11 Å². The standard InChI is InChI=1S/C25H28N2O4/c1-5-27(21-12-10-18-8-6-7-9-19(18)14-21)25(29)20-11-13-22(23(15-20)30-4)31-16-24(28)26-17(2)3/h6-15,17H,5,16H2,1-4H3,(H,26,28). The summed E-state index contributed by atoms with van der Waals surface area (Å²) in [5, 5.41) is 4.97. The summed E-state index contributed by atoms with van der Waals surface area (Å²) < 4.78 is 11.0. The van der Waals surface area contributed by atoms with Gasteiger partial charge in [0.1, 0.15) is 0 Å². The second-order valence-corrected chi connectivity index (χ2v) is 7.46. The number of nitrogens with one attached hydrogen (secondary N) is 1. The predicted molar refractivity (Wildman–Crippen MR) is 123 cm³/mol. The molecule has 162 valence electrons. The highest BCUT2D eigenvalue weighted by molar-refractivity contribution is 6.07. The topological polar surface area (TPSA) is 67.9 Å². The first kappa shape index (κ1) is 22.2. The molecule has 1 N–H and O–H groups in total. The maximum atomic E-state index is 13.2. The van der Waals surface area contributed by atoms with E-state index in [9.17, 15) is 9.59 Å². The van der Waals surface area contributed by atoms with Crippen molar-refractivity contribution in [1.82, 2.24) is 5.32 Å². The van der Waals surface area contributed by atoms with E-state index >= 15 is 0 Å². The van der Waals surface area contributed by atoms with E-state index in [-0.39, 0.29) is 24.5 Å². The lowest BCUT2D eigenvalue weighted by atomic mass is 10.1. The van der Waals surface area contributed by atoms with Crippen LogP contribution in [0.1, 0.15) is 31.1 Å². The van der Waals surface area contributed by atoms with Crippen molar-refractivity contribution in [2.24, 2.45) is 0 Å². The minimum Gasteiger partial charge on any atom is -0.493 e. The van der Waals surface area contributed by atoms with Gasteiger partial charge in [0.25, 0.3) is 11.8 Å². The summed E-state index contributed by atoms with van der Waals surface area (Å²) in [4.78, 5) is 26.8. The molecule has 0 aromatic heterocycles. The average Bonchev–Trinajstić information content (AvgIpc) is 2.77. The van der Waals surface area contributed by atoms with Gasteiger partial charge < -0.3 is 19.7 Å². The Hall–Kier alpha value is -3.54. The number of fused-ring (bicyclic) bond motifs is 1. The third-order valence-electron chi connectivity index (χ3n) is 4.83. The number of methoxy groups -OCH3 is 1. The van der Waals surface area contributed by atoms with Crippen molar-refractivity contribution >= 4 is 28.3 Å². The van der Waals surface area contributed by atoms with Crippen LogP contribution in [-0.2, 0) is 4.79 Å². The Morgan fingerprint density at radius 1 is 0.968 bits per heavy atom. The molecule has 0 bridgehead atoms. The van der Waals surface area contributed by atoms with Crippen LogP contribution in [0.4, 0.5) is 5.69 Å². The van der Waals surface area contributed by atoms with Crippen LogP contribution in [-0.4, -0.2) is 38.1 Å². The molecule has 0 unspecified atom stereocenters. The van der Waals surface area contributed by atoms with Crippen molar-refractivity contribution in [3.05, 3.63) is 66.2 Å². The fourth-order valence-electron chi connectivity index (χ4n) is 3.37. The molecule has 3 rings (SSSR count). The van der Waals surface area contributed by atoms with E-state index in [4.69, 9.17) is 9.47 Å². The van der Waals surface area contributed by atoms with Gasteiger partial charge in [-0.3, -0.25) is 9.59 Å². The maximum absolute atomic E-state index is 13.2. The molecule has 0 saturated heterocycles. The second kappa shape index (κ2) is 9.98. The average molecular weight is 421 g/mol. The second-order valence-electron chi connectivity index (χ2n) is 7.46. The van der Waals surface area contributed by atoms with Gasteiger partial charge in [-0.1, -0.05) is 30.3 Å². The minimum absolute atomic E-state index is 0.0353. The zero-order chi connectivity index (χ0) is 22.4. The minimum atomic E-state index is -0.217. The van der Waals surface area contributed by atoms with Gasteiger partial charge in [0.15, 0.2) is 18.1 Å². The number of nitrogens with zero attached hydrogens (tertiary/aromatic N) is 1. The normalized spacial score (nSPS) is 10.7. The molecule has 6 nitrogen and oxygen atoms in total. The first-order chi connectivity index (χ1) is 14.9. The van der Waals surface area contributed by atoms with Crippen molar-refractivity contribution in [2.75, 3.05) is 25.2 Å². The molecule has 0 aliphatic heterocycles. The highest BCUT2D eigenvalue weighted by atomic mass is 16.5. The first-order valence-electron chi connectivity index (χ1n) is 10.3. The first-order valence-corrected chi connectivity index (χ1v) is 10.3. The molecule has 0 aliphatic carbocycles. The number of rotatable bonds is 8. The van der Waals surface area contributed by atoms with Gasteiger partial charge >= 0.3 is 0 Å². The number of anilines is 1. The van der Waals surface area contributed by atoms with E-state index < -0.39 is 0 Å². The van der Waals surface area contributed by atoms with Crippen LogP contribution in [0.5, 0.6) is 11.5 Å². The van der Waals surface area contributed by atoms with Crippen LogP contribution in [0.3, 0.4) is 0 Å². The molecule has 6 heteroatoms. The van der Waals surface area contributed by atoms with Crippen LogP contribution >= 0.6 is 0 Å². The number of benzene rings is 3. The summed E-state index contributed by atoms with van der Waals surface area (Å²) in [6, 6.07) is 19.0. The summed E-state index contributed by atoms with van der Waals surface area (Å²) in [5.41, 5.74) is 1.31. The molecular formula is C25H28N2O4. The van der Waals surface area contributed by atoms with Crippen molar-refractivity contribution in [1.29, 1.82) is 0 Å². The lowest BCUT2D eigenvalue weighted by Crippen LogP contribution is -2.34. The third-order valence-corrected chi connectivity index (χ3v) is 4.83. The number of amides is 2. The van der Waals surface area contributed by atoms with Crippen LogP contribution in [0.2, 0.25) is 0 Å². The Morgan fingerprint density at radius 2 is 1.71 bits per heavy atom. The summed E-state index contributed by atoms with van der Waals surface area (Å²) in [5.74, 6) is 0.454. The van der Waals surface area contributed by atoms with E-state index in [1.165, 1.54) is 7.11 Å². The zero-order valence-electron chi connectivity index (χ0n) is 18.3. The molecule has 0 radical (unpaired) electrons. The Labute approximate surface area is 182 Å². The Morgan fingerprint density at radius 3 is 2.39 bits per heavy atom. The number of hydrogen-bond donors (Lipinski definition) is 1. The fraction of sp³-hybridized carbons (Fsp3) is 0.280. The number of hydrogen-bond acceptors (Lipinski definition) is 4. The van der Waals surface area contributed by atoms with Crippen molar-refractivity contribution in [2.45, 2.75) is 26.8 Å². The molecule has 3 aromatic rings. The Balaban J connectivity index is 1.81. The molecule has 0 fully saturated rings. The lowest BCUT2D eigenvalue weighted by molar-refractivity contribution is -0.123. The number of ether oxygens (including phenoxy) is 2. The molecule has 0 aliphatic rings. The van der Waals surface area contributed by atoms with Crippen LogP contribution in [0.25, 0.3) is 10.8 Å². The highest BCUT2D eigenvalue weighted by Gasteiger charge is 2.19. The van der Waals surface area contributed by atoms with Gasteiger partial charge in [-0.15, -0.1) is 0 Å². The van der Waals surface area contributed by atoms with Crippen LogP contribution < -0.4 is 19.7 Å². The quantitative estimate of drug-likeness (QED) is 0.586. The SMILES string of the molecule is CCN(C(=O)c1ccc(OCC(=O)NC(C)C)c(OC)c1)c1ccc2ccccc2c1. The van der Waals surface area contributed by atoms with E-state index in [2.05, 4.69) is 5.32 Å². The maximum Gasteiger partial charge on any atom is 0.258 e. The van der Waals surface area contributed by atoms with Gasteiger partial charge in [-0.2, -0.15) is 0 Å². The monoisotopic (exact) mass is 420 g/mol. The molecular weight excluding hydrogens is 392 g/mol. The summed E-state index contributed by atoms with van der Waals surface area (Å²) in [6.45, 7) is 6.10. The summed E-state index contributed by atoms with van der Waals surface area (Å²) in [6.07, 6.45) is 0. The van der Waals surface area contributed by atoms with E-state index in [1.54, 1.807) is 23.1 Å². The molecule has 31 heavy (non-hydrogen) atoms. The summed E-state index contributed by atoms with van der Waals surface area (Å²) >= 11 is 0. The third kappa shape index (κ3) is 5.34. The molecule has 2 amide bonds. The van der Waals surface area contributed by atoms with Gasteiger partial charge in [-0.05, 0) is 61.9 Å². The molecule has 3 aromatic carbocycles. The molecule has 0 atom stereocenters. The lowest BCUT2D eigenvalue weighted by Gasteiger charge is -2.22. The van der Waals surface area contributed by atoms with Crippen molar-refractivity contribution in [3.63, 3.8) is 0 Å². The largest absolute Gasteiger partial charge is 0.493 e.